The van der Waals surface area contributed by atoms with Crippen molar-refractivity contribution in [1.82, 2.24) is 14.6 Å². The van der Waals surface area contributed by atoms with Crippen LogP contribution in [-0.4, -0.2) is 53.6 Å². The summed E-state index contributed by atoms with van der Waals surface area (Å²) < 4.78 is 15.0. The number of aromatic amines is 1. The largest absolute Gasteiger partial charge is 0.402 e. The molecule has 6 rings (SSSR count). The molecule has 1 saturated heterocycles. The number of carbonyl (C=O) groups is 2. The predicted molar refractivity (Wildman–Crippen MR) is 165 cm³/mol. The summed E-state index contributed by atoms with van der Waals surface area (Å²) in [5, 5.41) is 2.52. The van der Waals surface area contributed by atoms with Crippen molar-refractivity contribution in [2.24, 2.45) is 0 Å². The molecule has 0 saturated carbocycles. The molecule has 2 aliphatic rings. The number of fused-ring (bicyclic) bond motifs is 1. The molecule has 11 heteroatoms. The molecule has 3 heterocycles. The number of ether oxygens (including phenoxy) is 1. The molecule has 0 aliphatic carbocycles. The van der Waals surface area contributed by atoms with Crippen LogP contribution >= 0.6 is 0 Å². The number of benzene rings is 3. The Morgan fingerprint density at radius 3 is 1.89 bits per heavy atom. The van der Waals surface area contributed by atoms with Gasteiger partial charge in [0.2, 0.25) is 0 Å². The first kappa shape index (κ1) is 29.6. The number of hydrogen-bond donors (Lipinski definition) is 1. The van der Waals surface area contributed by atoms with E-state index in [4.69, 9.17) is 14.0 Å². The van der Waals surface area contributed by atoms with Crippen LogP contribution in [0.5, 0.6) is 0 Å². The fourth-order valence-corrected chi connectivity index (χ4v) is 10.9. The van der Waals surface area contributed by atoms with Crippen LogP contribution in [0, 0.1) is 0 Å². The number of aromatic nitrogens is 2. The van der Waals surface area contributed by atoms with Crippen LogP contribution in [0.1, 0.15) is 54.1 Å². The first-order valence-corrected chi connectivity index (χ1v) is 16.4. The molecule has 1 unspecified atom stereocenters. The molecule has 2 amide bonds. The molecule has 226 valence electrons. The van der Waals surface area contributed by atoms with E-state index >= 15 is 0 Å². The lowest BCUT2D eigenvalue weighted by Crippen LogP contribution is -2.68. The molecule has 10 nitrogen and oxygen atoms in total. The van der Waals surface area contributed by atoms with E-state index in [0.29, 0.717) is 0 Å². The molecular formula is C33H33N3O7Si. The Morgan fingerprint density at radius 2 is 1.36 bits per heavy atom. The van der Waals surface area contributed by atoms with Crippen molar-refractivity contribution in [1.29, 1.82) is 0 Å². The summed E-state index contributed by atoms with van der Waals surface area (Å²) in [6.07, 6.45) is -0.533. The minimum absolute atomic E-state index is 0.192. The zero-order chi connectivity index (χ0) is 31.1. The van der Waals surface area contributed by atoms with Gasteiger partial charge in [-0.1, -0.05) is 93.6 Å². The summed E-state index contributed by atoms with van der Waals surface area (Å²) in [5.74, 6) is -1.11. The topological polar surface area (TPSA) is 120 Å². The van der Waals surface area contributed by atoms with E-state index in [1.54, 1.807) is 24.3 Å². The monoisotopic (exact) mass is 611 g/mol. The molecule has 0 spiro atoms. The number of hydrogen-bond acceptors (Lipinski definition) is 7. The average Bonchev–Trinajstić information content (AvgIpc) is 3.52. The highest BCUT2D eigenvalue weighted by atomic mass is 28.4. The molecule has 0 radical (unpaired) electrons. The number of amides is 2. The molecule has 3 aromatic carbocycles. The lowest BCUT2D eigenvalue weighted by molar-refractivity contribution is -0.139. The van der Waals surface area contributed by atoms with Crippen molar-refractivity contribution in [2.45, 2.75) is 50.7 Å². The van der Waals surface area contributed by atoms with Gasteiger partial charge in [0.15, 0.2) is 0 Å². The van der Waals surface area contributed by atoms with Gasteiger partial charge in [-0.15, -0.1) is 5.06 Å². The van der Waals surface area contributed by atoms with Crippen molar-refractivity contribution < 1.29 is 23.6 Å². The minimum Gasteiger partial charge on any atom is -0.402 e. The Hall–Kier alpha value is -4.42. The van der Waals surface area contributed by atoms with Gasteiger partial charge < -0.3 is 9.16 Å². The standard InChI is InChI=1S/C33H33N3O7Si/c1-33(2,3)44(22-12-6-4-7-13-22,23-14-8-5-9-15-23)43-26-20-29(35-19-18-28(37)34-32(35)40)42-27(26)21-41-36-30(38)24-16-10-11-17-25(24)31(36)39/h4-19,26-27,29H,20-21H2,1-3H3,(H,34,37,40)/t26?,27-,29-/m0/s1. The predicted octanol–water partition coefficient (Wildman–Crippen LogP) is 3.00. The van der Waals surface area contributed by atoms with E-state index in [1.807, 2.05) is 36.4 Å². The van der Waals surface area contributed by atoms with E-state index in [1.165, 1.54) is 16.8 Å². The second-order valence-corrected chi connectivity index (χ2v) is 16.2. The molecule has 3 atom stereocenters. The van der Waals surface area contributed by atoms with Crippen molar-refractivity contribution in [3.05, 3.63) is 129 Å². The fourth-order valence-electron chi connectivity index (χ4n) is 6.15. The normalized spacial score (nSPS) is 20.2. The third-order valence-electron chi connectivity index (χ3n) is 8.21. The maximum atomic E-state index is 13.0. The van der Waals surface area contributed by atoms with Crippen LogP contribution in [0.4, 0.5) is 0 Å². The van der Waals surface area contributed by atoms with Crippen LogP contribution in [0.25, 0.3) is 0 Å². The van der Waals surface area contributed by atoms with Gasteiger partial charge in [0.05, 0.1) is 17.2 Å². The van der Waals surface area contributed by atoms with Crippen LogP contribution in [0.2, 0.25) is 5.04 Å². The summed E-state index contributed by atoms with van der Waals surface area (Å²) >= 11 is 0. The van der Waals surface area contributed by atoms with Crippen LogP contribution < -0.4 is 21.6 Å². The average molecular weight is 612 g/mol. The smallest absolute Gasteiger partial charge is 0.330 e. The van der Waals surface area contributed by atoms with Gasteiger partial charge in [-0.2, -0.15) is 0 Å². The number of H-pyrrole nitrogens is 1. The Kier molecular flexibility index (Phi) is 7.80. The molecule has 4 aromatic rings. The highest BCUT2D eigenvalue weighted by Crippen LogP contribution is 2.41. The SMILES string of the molecule is CC(C)(C)[Si](OC1C[C@@H](n2ccc(=O)[nH]c2=O)O[C@H]1CON1C(=O)c2ccccc2C1=O)(c1ccccc1)c1ccccc1. The number of rotatable bonds is 8. The first-order chi connectivity index (χ1) is 21.1. The Labute approximate surface area is 254 Å². The third-order valence-corrected chi connectivity index (χ3v) is 13.3. The van der Waals surface area contributed by atoms with E-state index in [9.17, 15) is 19.2 Å². The molecule has 1 fully saturated rings. The summed E-state index contributed by atoms with van der Waals surface area (Å²) in [4.78, 5) is 58.7. The molecule has 0 bridgehead atoms. The molecule has 2 aliphatic heterocycles. The summed E-state index contributed by atoms with van der Waals surface area (Å²) in [7, 11) is -3.08. The van der Waals surface area contributed by atoms with Gasteiger partial charge in [0, 0.05) is 18.7 Å². The lowest BCUT2D eigenvalue weighted by Gasteiger charge is -2.45. The highest BCUT2D eigenvalue weighted by molar-refractivity contribution is 6.99. The van der Waals surface area contributed by atoms with Gasteiger partial charge in [-0.3, -0.25) is 28.8 Å². The van der Waals surface area contributed by atoms with Gasteiger partial charge in [0.25, 0.3) is 25.7 Å². The second kappa shape index (κ2) is 11.6. The Morgan fingerprint density at radius 1 is 0.818 bits per heavy atom. The van der Waals surface area contributed by atoms with E-state index in [0.717, 1.165) is 15.4 Å². The lowest BCUT2D eigenvalue weighted by atomic mass is 10.1. The van der Waals surface area contributed by atoms with Crippen molar-refractivity contribution in [3.8, 4) is 0 Å². The van der Waals surface area contributed by atoms with Gasteiger partial charge in [0.1, 0.15) is 18.9 Å². The zero-order valence-electron chi connectivity index (χ0n) is 24.6. The number of imide groups is 1. The summed E-state index contributed by atoms with van der Waals surface area (Å²) in [6.45, 7) is 6.28. The zero-order valence-corrected chi connectivity index (χ0v) is 25.6. The van der Waals surface area contributed by atoms with Crippen molar-refractivity contribution >= 4 is 30.5 Å². The maximum Gasteiger partial charge on any atom is 0.330 e. The quantitative estimate of drug-likeness (QED) is 0.240. The van der Waals surface area contributed by atoms with Crippen LogP contribution in [0.15, 0.2) is 107 Å². The van der Waals surface area contributed by atoms with Crippen molar-refractivity contribution in [3.63, 3.8) is 0 Å². The number of carbonyl (C=O) groups excluding carboxylic acids is 2. The number of hydroxylamine groups is 2. The van der Waals surface area contributed by atoms with Crippen LogP contribution in [-0.2, 0) is 14.0 Å². The maximum absolute atomic E-state index is 13.0. The number of nitrogens with zero attached hydrogens (tertiary/aromatic N) is 2. The first-order valence-electron chi connectivity index (χ1n) is 14.5. The molecule has 1 N–H and O–H groups in total. The number of nitrogens with one attached hydrogen (secondary N) is 1. The van der Waals surface area contributed by atoms with E-state index in [2.05, 4.69) is 50.0 Å². The molecular weight excluding hydrogens is 578 g/mol. The molecule has 44 heavy (non-hydrogen) atoms. The van der Waals surface area contributed by atoms with E-state index in [-0.39, 0.29) is 29.2 Å². The van der Waals surface area contributed by atoms with Gasteiger partial charge >= 0.3 is 5.69 Å². The Balaban J connectivity index is 1.38. The van der Waals surface area contributed by atoms with Gasteiger partial charge in [-0.25, -0.2) is 4.79 Å². The second-order valence-electron chi connectivity index (χ2n) is 11.9. The highest BCUT2D eigenvalue weighted by Gasteiger charge is 2.54. The van der Waals surface area contributed by atoms with Crippen molar-refractivity contribution in [2.75, 3.05) is 6.61 Å². The van der Waals surface area contributed by atoms with Gasteiger partial charge in [-0.05, 0) is 27.5 Å². The van der Waals surface area contributed by atoms with E-state index < -0.39 is 49.8 Å². The third kappa shape index (κ3) is 5.17. The summed E-state index contributed by atoms with van der Waals surface area (Å²) in [5.41, 5.74) is -0.603. The molecule has 1 aromatic heterocycles. The summed E-state index contributed by atoms with van der Waals surface area (Å²) in [6, 6.07) is 28.0. The fraction of sp³-hybridized carbons (Fsp3) is 0.273. The Bertz CT molecular complexity index is 1730. The van der Waals surface area contributed by atoms with Crippen LogP contribution in [0.3, 0.4) is 0 Å². The minimum atomic E-state index is -3.08.